The molecule has 0 spiro atoms. The van der Waals surface area contributed by atoms with Gasteiger partial charge in [-0.3, -0.25) is 4.21 Å². The van der Waals surface area contributed by atoms with Crippen LogP contribution in [0.4, 0.5) is 8.78 Å². The van der Waals surface area contributed by atoms with Crippen LogP contribution in [0, 0.1) is 11.6 Å². The molecule has 0 aliphatic rings. The van der Waals surface area contributed by atoms with Crippen molar-refractivity contribution in [1.29, 1.82) is 0 Å². The van der Waals surface area contributed by atoms with Gasteiger partial charge in [-0.15, -0.1) is 0 Å². The number of methoxy groups -OCH3 is 1. The van der Waals surface area contributed by atoms with Gasteiger partial charge in [-0.1, -0.05) is 18.2 Å². The van der Waals surface area contributed by atoms with E-state index >= 15 is 0 Å². The molecule has 0 N–H and O–H groups in total. The lowest BCUT2D eigenvalue weighted by molar-refractivity contribution is 0.0600. The molecule has 0 bridgehead atoms. The fourth-order valence-electron chi connectivity index (χ4n) is 2.07. The zero-order valence-electron chi connectivity index (χ0n) is 12.7. The summed E-state index contributed by atoms with van der Waals surface area (Å²) < 4.78 is 55.2. The molecule has 2 aromatic carbocycles. The number of carbonyl (C=O) groups is 1. The van der Waals surface area contributed by atoms with Crippen LogP contribution < -0.4 is 0 Å². The first-order valence-electron chi connectivity index (χ1n) is 6.86. The van der Waals surface area contributed by atoms with Crippen molar-refractivity contribution in [2.45, 2.75) is 13.1 Å². The van der Waals surface area contributed by atoms with Crippen LogP contribution in [0.1, 0.15) is 21.5 Å². The SMILES string of the molecule is COC(=O)c1ccc(CN(Cc2ccc(F)cc2)S(=O)[O-])c(F)c1. The first kappa shape index (κ1) is 18.2. The minimum absolute atomic E-state index is 0.0332. The van der Waals surface area contributed by atoms with Crippen molar-refractivity contribution in [3.8, 4) is 0 Å². The number of carbonyl (C=O) groups excluding carboxylic acids is 1. The summed E-state index contributed by atoms with van der Waals surface area (Å²) in [6, 6.07) is 9.00. The van der Waals surface area contributed by atoms with Gasteiger partial charge in [0.15, 0.2) is 0 Å². The van der Waals surface area contributed by atoms with Gasteiger partial charge in [0, 0.05) is 29.9 Å². The number of hydrogen-bond acceptors (Lipinski definition) is 4. The number of halogens is 2. The maximum absolute atomic E-state index is 14.1. The van der Waals surface area contributed by atoms with E-state index < -0.39 is 28.9 Å². The molecule has 2 rings (SSSR count). The molecule has 0 saturated heterocycles. The lowest BCUT2D eigenvalue weighted by Crippen LogP contribution is -2.25. The largest absolute Gasteiger partial charge is 0.760 e. The number of ether oxygens (including phenoxy) is 1. The third kappa shape index (κ3) is 4.67. The third-order valence-corrected chi connectivity index (χ3v) is 3.98. The molecule has 0 fully saturated rings. The normalized spacial score (nSPS) is 12.2. The van der Waals surface area contributed by atoms with Crippen molar-refractivity contribution < 1.29 is 27.1 Å². The van der Waals surface area contributed by atoms with Crippen LogP contribution >= 0.6 is 0 Å². The summed E-state index contributed by atoms with van der Waals surface area (Å²) in [5, 5.41) is 0. The molecule has 128 valence electrons. The quantitative estimate of drug-likeness (QED) is 0.590. The van der Waals surface area contributed by atoms with Crippen LogP contribution in [0.15, 0.2) is 42.5 Å². The molecule has 0 aromatic heterocycles. The van der Waals surface area contributed by atoms with Crippen molar-refractivity contribution in [2.75, 3.05) is 7.11 Å². The third-order valence-electron chi connectivity index (χ3n) is 3.30. The lowest BCUT2D eigenvalue weighted by Gasteiger charge is -2.24. The Balaban J connectivity index is 2.17. The number of benzene rings is 2. The fourth-order valence-corrected chi connectivity index (χ4v) is 2.56. The van der Waals surface area contributed by atoms with Crippen LogP contribution in [0.3, 0.4) is 0 Å². The van der Waals surface area contributed by atoms with Gasteiger partial charge in [0.1, 0.15) is 11.6 Å². The highest BCUT2D eigenvalue weighted by Crippen LogP contribution is 2.17. The Morgan fingerprint density at radius 1 is 1.17 bits per heavy atom. The van der Waals surface area contributed by atoms with Gasteiger partial charge in [-0.05, 0) is 29.8 Å². The van der Waals surface area contributed by atoms with Crippen molar-refractivity contribution >= 4 is 17.2 Å². The summed E-state index contributed by atoms with van der Waals surface area (Å²) in [5.41, 5.74) is 0.702. The van der Waals surface area contributed by atoms with Gasteiger partial charge in [0.05, 0.1) is 12.7 Å². The Kier molecular flexibility index (Phi) is 6.13. The molecule has 5 nitrogen and oxygen atoms in total. The van der Waals surface area contributed by atoms with E-state index in [0.717, 1.165) is 10.4 Å². The second-order valence-electron chi connectivity index (χ2n) is 4.94. The Hall–Kier alpha value is -2.16. The molecular weight excluding hydrogens is 340 g/mol. The van der Waals surface area contributed by atoms with E-state index in [4.69, 9.17) is 0 Å². The summed E-state index contributed by atoms with van der Waals surface area (Å²) in [5.74, 6) is -1.83. The minimum atomic E-state index is -2.60. The van der Waals surface area contributed by atoms with E-state index in [0.29, 0.717) is 5.56 Å². The van der Waals surface area contributed by atoms with Crippen molar-refractivity contribution in [2.24, 2.45) is 0 Å². The highest BCUT2D eigenvalue weighted by Gasteiger charge is 2.14. The van der Waals surface area contributed by atoms with Crippen LogP contribution in [-0.2, 0) is 29.1 Å². The highest BCUT2D eigenvalue weighted by atomic mass is 32.2. The second kappa shape index (κ2) is 8.09. The van der Waals surface area contributed by atoms with E-state index in [1.807, 2.05) is 0 Å². The number of hydrogen-bond donors (Lipinski definition) is 0. The summed E-state index contributed by atoms with van der Waals surface area (Å²) >= 11 is -2.60. The predicted molar refractivity (Wildman–Crippen MR) is 82.3 cm³/mol. The van der Waals surface area contributed by atoms with Crippen molar-refractivity contribution in [3.05, 3.63) is 70.8 Å². The zero-order chi connectivity index (χ0) is 17.7. The summed E-state index contributed by atoms with van der Waals surface area (Å²) in [7, 11) is 1.18. The molecule has 0 radical (unpaired) electrons. The Labute approximate surface area is 140 Å². The van der Waals surface area contributed by atoms with Crippen LogP contribution in [-0.4, -0.2) is 26.1 Å². The van der Waals surface area contributed by atoms with Gasteiger partial charge in [0.25, 0.3) is 0 Å². The minimum Gasteiger partial charge on any atom is -0.760 e. The smallest absolute Gasteiger partial charge is 0.337 e. The first-order chi connectivity index (χ1) is 11.4. The van der Waals surface area contributed by atoms with Gasteiger partial charge in [0.2, 0.25) is 0 Å². The summed E-state index contributed by atoms with van der Waals surface area (Å²) in [6.07, 6.45) is 0. The van der Waals surface area contributed by atoms with Crippen molar-refractivity contribution in [1.82, 2.24) is 4.31 Å². The summed E-state index contributed by atoms with van der Waals surface area (Å²) in [6.45, 7) is -0.255. The first-order valence-corrected chi connectivity index (χ1v) is 7.89. The van der Waals surface area contributed by atoms with Crippen LogP contribution in [0.25, 0.3) is 0 Å². The predicted octanol–water partition coefficient (Wildman–Crippen LogP) is 2.55. The molecule has 0 aliphatic carbocycles. The van der Waals surface area contributed by atoms with E-state index in [2.05, 4.69) is 4.74 Å². The fraction of sp³-hybridized carbons (Fsp3) is 0.188. The van der Waals surface area contributed by atoms with E-state index in [1.54, 1.807) is 0 Å². The average molecular weight is 354 g/mol. The highest BCUT2D eigenvalue weighted by molar-refractivity contribution is 7.76. The molecular formula is C16H14F2NO4S-. The Bertz CT molecular complexity index is 752. The van der Waals surface area contributed by atoms with Crippen LogP contribution in [0.5, 0.6) is 0 Å². The molecule has 0 saturated carbocycles. The molecule has 0 aliphatic heterocycles. The van der Waals surface area contributed by atoms with Crippen LogP contribution in [0.2, 0.25) is 0 Å². The molecule has 2 aromatic rings. The van der Waals surface area contributed by atoms with E-state index in [-0.39, 0.29) is 24.2 Å². The molecule has 1 unspecified atom stereocenters. The number of esters is 1. The van der Waals surface area contributed by atoms with Gasteiger partial charge >= 0.3 is 5.97 Å². The Morgan fingerprint density at radius 3 is 2.38 bits per heavy atom. The number of nitrogens with zero attached hydrogens (tertiary/aromatic N) is 1. The molecule has 1 atom stereocenters. The zero-order valence-corrected chi connectivity index (χ0v) is 13.5. The van der Waals surface area contributed by atoms with E-state index in [1.165, 1.54) is 43.5 Å². The Morgan fingerprint density at radius 2 is 1.83 bits per heavy atom. The second-order valence-corrected chi connectivity index (χ2v) is 5.89. The average Bonchev–Trinajstić information content (AvgIpc) is 2.56. The van der Waals surface area contributed by atoms with Gasteiger partial charge in [-0.2, -0.15) is 0 Å². The molecule has 0 heterocycles. The number of rotatable bonds is 6. The standard InChI is InChI=1S/C16H15F2NO4S/c1-23-16(20)12-4-5-13(15(18)8-12)10-19(24(21)22)9-11-2-6-14(17)7-3-11/h2-8H,9-10H2,1H3,(H,21,22)/p-1. The van der Waals surface area contributed by atoms with Gasteiger partial charge < -0.3 is 9.29 Å². The maximum atomic E-state index is 14.1. The lowest BCUT2D eigenvalue weighted by atomic mass is 10.1. The van der Waals surface area contributed by atoms with Gasteiger partial charge in [-0.25, -0.2) is 17.9 Å². The molecule has 8 heteroatoms. The van der Waals surface area contributed by atoms with Crippen molar-refractivity contribution in [3.63, 3.8) is 0 Å². The summed E-state index contributed by atoms with van der Waals surface area (Å²) in [4.78, 5) is 11.3. The topological polar surface area (TPSA) is 69.7 Å². The maximum Gasteiger partial charge on any atom is 0.337 e. The molecule has 0 amide bonds. The van der Waals surface area contributed by atoms with E-state index in [9.17, 15) is 22.3 Å². The monoisotopic (exact) mass is 354 g/mol. The molecule has 24 heavy (non-hydrogen) atoms.